The molecule has 0 bridgehead atoms. The monoisotopic (exact) mass is 465 g/mol. The highest BCUT2D eigenvalue weighted by molar-refractivity contribution is 9.10. The molecule has 146 valence electrons. The van der Waals surface area contributed by atoms with Crippen LogP contribution in [0.5, 0.6) is 0 Å². The van der Waals surface area contributed by atoms with Gasteiger partial charge < -0.3 is 15.4 Å². The number of rotatable bonds is 5. The molecule has 28 heavy (non-hydrogen) atoms. The van der Waals surface area contributed by atoms with Crippen LogP contribution >= 0.6 is 27.5 Å². The SMILES string of the molecule is CO[C@H](C)c1c(NC(=O)Nc2cnc(-n3nccn3)c(Cl)c2)cnc(C)c1Br. The minimum atomic E-state index is -0.468. The van der Waals surface area contributed by atoms with Crippen LogP contribution in [-0.4, -0.2) is 38.1 Å². The van der Waals surface area contributed by atoms with Crippen molar-refractivity contribution < 1.29 is 9.53 Å². The van der Waals surface area contributed by atoms with Crippen LogP contribution in [0, 0.1) is 6.92 Å². The van der Waals surface area contributed by atoms with E-state index in [0.717, 1.165) is 15.7 Å². The first-order valence-electron chi connectivity index (χ1n) is 8.18. The lowest BCUT2D eigenvalue weighted by atomic mass is 10.1. The summed E-state index contributed by atoms with van der Waals surface area (Å²) in [4.78, 5) is 22.2. The van der Waals surface area contributed by atoms with E-state index in [9.17, 15) is 4.79 Å². The summed E-state index contributed by atoms with van der Waals surface area (Å²) in [5.74, 6) is 0.362. The van der Waals surface area contributed by atoms with Crippen molar-refractivity contribution in [2.75, 3.05) is 17.7 Å². The Balaban J connectivity index is 1.78. The normalized spacial score (nSPS) is 11.9. The number of aryl methyl sites for hydroxylation is 1. The summed E-state index contributed by atoms with van der Waals surface area (Å²) in [6.07, 6.45) is 5.84. The van der Waals surface area contributed by atoms with Crippen molar-refractivity contribution >= 4 is 44.9 Å². The Kier molecular flexibility index (Phi) is 6.22. The van der Waals surface area contributed by atoms with Gasteiger partial charge in [0.25, 0.3) is 0 Å². The number of carbonyl (C=O) groups excluding carboxylic acids is 1. The summed E-state index contributed by atoms with van der Waals surface area (Å²) in [5, 5.41) is 13.7. The first kappa shape index (κ1) is 20.2. The van der Waals surface area contributed by atoms with Crippen molar-refractivity contribution in [3.05, 3.63) is 51.6 Å². The predicted molar refractivity (Wildman–Crippen MR) is 109 cm³/mol. The summed E-state index contributed by atoms with van der Waals surface area (Å²) in [7, 11) is 1.60. The zero-order valence-electron chi connectivity index (χ0n) is 15.3. The van der Waals surface area contributed by atoms with Gasteiger partial charge in [-0.15, -0.1) is 4.80 Å². The standard InChI is InChI=1S/C17H17BrClN7O2/c1-9-15(18)14(10(2)28-3)13(8-20-9)25-17(27)24-11-6-12(19)16(21-7-11)26-22-4-5-23-26/h4-8,10H,1-3H3,(H2,24,25,27)/t10-/m1/s1. The van der Waals surface area contributed by atoms with Crippen LogP contribution in [0.2, 0.25) is 5.02 Å². The van der Waals surface area contributed by atoms with Crippen molar-refractivity contribution in [3.63, 3.8) is 0 Å². The minimum absolute atomic E-state index is 0.247. The Hall–Kier alpha value is -2.56. The lowest BCUT2D eigenvalue weighted by Crippen LogP contribution is -2.21. The Morgan fingerprint density at radius 1 is 1.25 bits per heavy atom. The van der Waals surface area contributed by atoms with Gasteiger partial charge in [0.05, 0.1) is 53.0 Å². The van der Waals surface area contributed by atoms with E-state index in [2.05, 4.69) is 46.7 Å². The molecule has 3 aromatic heterocycles. The summed E-state index contributed by atoms with van der Waals surface area (Å²) in [6, 6.07) is 1.10. The van der Waals surface area contributed by atoms with Crippen LogP contribution in [0.1, 0.15) is 24.3 Å². The molecule has 9 nitrogen and oxygen atoms in total. The highest BCUT2D eigenvalue weighted by atomic mass is 79.9. The maximum atomic E-state index is 12.5. The van der Waals surface area contributed by atoms with Crippen molar-refractivity contribution in [1.29, 1.82) is 0 Å². The molecule has 3 heterocycles. The number of halogens is 2. The van der Waals surface area contributed by atoms with Gasteiger partial charge in [-0.25, -0.2) is 9.78 Å². The third-order valence-corrected chi connectivity index (χ3v) is 5.21. The first-order chi connectivity index (χ1) is 13.4. The molecular weight excluding hydrogens is 450 g/mol. The summed E-state index contributed by atoms with van der Waals surface area (Å²) in [5.41, 5.74) is 2.53. The van der Waals surface area contributed by atoms with Gasteiger partial charge in [-0.2, -0.15) is 10.2 Å². The molecule has 0 saturated heterocycles. The Morgan fingerprint density at radius 2 is 1.96 bits per heavy atom. The van der Waals surface area contributed by atoms with Gasteiger partial charge in [0, 0.05) is 17.1 Å². The van der Waals surface area contributed by atoms with Crippen LogP contribution in [0.3, 0.4) is 0 Å². The molecule has 0 unspecified atom stereocenters. The number of nitrogens with one attached hydrogen (secondary N) is 2. The molecule has 2 N–H and O–H groups in total. The van der Waals surface area contributed by atoms with E-state index in [1.165, 1.54) is 23.4 Å². The number of aromatic nitrogens is 5. The fourth-order valence-electron chi connectivity index (χ4n) is 2.47. The van der Waals surface area contributed by atoms with Gasteiger partial charge in [0.2, 0.25) is 0 Å². The smallest absolute Gasteiger partial charge is 0.323 e. The van der Waals surface area contributed by atoms with Gasteiger partial charge in [-0.05, 0) is 35.8 Å². The molecule has 0 spiro atoms. The maximum Gasteiger partial charge on any atom is 0.323 e. The molecule has 1 atom stereocenters. The Bertz CT molecular complexity index is 997. The van der Waals surface area contributed by atoms with Crippen LogP contribution in [0.25, 0.3) is 5.82 Å². The highest BCUT2D eigenvalue weighted by Gasteiger charge is 2.18. The zero-order valence-corrected chi connectivity index (χ0v) is 17.6. The minimum Gasteiger partial charge on any atom is -0.377 e. The van der Waals surface area contributed by atoms with Crippen molar-refractivity contribution in [1.82, 2.24) is 25.0 Å². The van der Waals surface area contributed by atoms with Crippen molar-refractivity contribution in [2.24, 2.45) is 0 Å². The van der Waals surface area contributed by atoms with E-state index in [0.29, 0.717) is 22.2 Å². The number of hydrogen-bond donors (Lipinski definition) is 2. The van der Waals surface area contributed by atoms with E-state index in [-0.39, 0.29) is 6.10 Å². The number of anilines is 2. The number of pyridine rings is 2. The predicted octanol–water partition coefficient (Wildman–Crippen LogP) is 4.13. The molecular formula is C17H17BrClN7O2. The lowest BCUT2D eigenvalue weighted by Gasteiger charge is -2.18. The van der Waals surface area contributed by atoms with Gasteiger partial charge in [0.15, 0.2) is 5.82 Å². The second kappa shape index (κ2) is 8.63. The fraction of sp³-hybridized carbons (Fsp3) is 0.235. The number of hydrogen-bond acceptors (Lipinski definition) is 6. The van der Waals surface area contributed by atoms with E-state index in [4.69, 9.17) is 16.3 Å². The summed E-state index contributed by atoms with van der Waals surface area (Å²) in [6.45, 7) is 3.75. The average molecular weight is 467 g/mol. The third kappa shape index (κ3) is 4.29. The molecule has 3 aromatic rings. The van der Waals surface area contributed by atoms with E-state index in [1.54, 1.807) is 19.4 Å². The zero-order chi connectivity index (χ0) is 20.3. The van der Waals surface area contributed by atoms with Crippen LogP contribution in [0.15, 0.2) is 35.3 Å². The second-order valence-corrected chi connectivity index (χ2v) is 6.99. The quantitative estimate of drug-likeness (QED) is 0.585. The number of ether oxygens (including phenoxy) is 1. The second-order valence-electron chi connectivity index (χ2n) is 5.79. The Labute approximate surface area is 174 Å². The van der Waals surface area contributed by atoms with Crippen LogP contribution in [0.4, 0.5) is 16.2 Å². The number of methoxy groups -OCH3 is 1. The topological polar surface area (TPSA) is 107 Å². The molecule has 2 amide bonds. The lowest BCUT2D eigenvalue weighted by molar-refractivity contribution is 0.119. The van der Waals surface area contributed by atoms with Crippen molar-refractivity contribution in [2.45, 2.75) is 20.0 Å². The molecule has 0 aliphatic carbocycles. The number of urea groups is 1. The summed E-state index contributed by atoms with van der Waals surface area (Å²) >= 11 is 9.73. The van der Waals surface area contributed by atoms with Crippen LogP contribution in [-0.2, 0) is 4.74 Å². The molecule has 0 aromatic carbocycles. The molecule has 0 aliphatic heterocycles. The number of amides is 2. The molecule has 0 aliphatic rings. The molecule has 3 rings (SSSR count). The molecule has 0 radical (unpaired) electrons. The number of nitrogens with zero attached hydrogens (tertiary/aromatic N) is 5. The fourth-order valence-corrected chi connectivity index (χ4v) is 3.35. The van der Waals surface area contributed by atoms with E-state index < -0.39 is 6.03 Å². The first-order valence-corrected chi connectivity index (χ1v) is 9.35. The average Bonchev–Trinajstić information content (AvgIpc) is 3.19. The molecule has 0 fully saturated rings. The highest BCUT2D eigenvalue weighted by Crippen LogP contribution is 2.33. The maximum absolute atomic E-state index is 12.5. The molecule has 0 saturated carbocycles. The third-order valence-electron chi connectivity index (χ3n) is 3.93. The summed E-state index contributed by atoms with van der Waals surface area (Å²) < 4.78 is 6.18. The van der Waals surface area contributed by atoms with E-state index in [1.807, 2.05) is 13.8 Å². The molecule has 11 heteroatoms. The largest absolute Gasteiger partial charge is 0.377 e. The van der Waals surface area contributed by atoms with E-state index >= 15 is 0 Å². The number of carbonyl (C=O) groups is 1. The van der Waals surface area contributed by atoms with Gasteiger partial charge in [-0.3, -0.25) is 4.98 Å². The Morgan fingerprint density at radius 3 is 2.61 bits per heavy atom. The van der Waals surface area contributed by atoms with Crippen molar-refractivity contribution in [3.8, 4) is 5.82 Å². The van der Waals surface area contributed by atoms with Gasteiger partial charge in [-0.1, -0.05) is 11.6 Å². The van der Waals surface area contributed by atoms with Gasteiger partial charge in [0.1, 0.15) is 0 Å². The van der Waals surface area contributed by atoms with Crippen LogP contribution < -0.4 is 10.6 Å². The van der Waals surface area contributed by atoms with Gasteiger partial charge >= 0.3 is 6.03 Å².